The van der Waals surface area contributed by atoms with Crippen LogP contribution >= 0.6 is 0 Å². The second-order valence-electron chi connectivity index (χ2n) is 3.76. The van der Waals surface area contributed by atoms with Gasteiger partial charge in [0.05, 0.1) is 18.7 Å². The van der Waals surface area contributed by atoms with Crippen LogP contribution in [0.25, 0.3) is 0 Å². The Labute approximate surface area is 101 Å². The Morgan fingerprint density at radius 1 is 1.41 bits per heavy atom. The molecule has 0 heterocycles. The lowest BCUT2D eigenvalue weighted by atomic mass is 10.1. The normalized spacial score (nSPS) is 10.8. The second-order valence-corrected chi connectivity index (χ2v) is 3.76. The minimum atomic E-state index is -0.458. The summed E-state index contributed by atoms with van der Waals surface area (Å²) >= 11 is 0. The number of ketones is 1. The van der Waals surface area contributed by atoms with Crippen molar-refractivity contribution in [3.8, 4) is 0 Å². The van der Waals surface area contributed by atoms with E-state index in [1.54, 1.807) is 19.2 Å². The maximum Gasteiger partial charge on any atom is 0.179 e. The molecule has 0 radical (unpaired) electrons. The van der Waals surface area contributed by atoms with Crippen LogP contribution in [-0.2, 0) is 4.74 Å². The minimum absolute atomic E-state index is 0.156. The van der Waals surface area contributed by atoms with E-state index in [1.807, 2.05) is 11.8 Å². The summed E-state index contributed by atoms with van der Waals surface area (Å²) < 4.78 is 18.3. The zero-order chi connectivity index (χ0) is 12.7. The van der Waals surface area contributed by atoms with Gasteiger partial charge in [-0.1, -0.05) is 19.1 Å². The molecule has 0 aliphatic rings. The molecule has 0 spiro atoms. The highest BCUT2D eigenvalue weighted by atomic mass is 19.1. The van der Waals surface area contributed by atoms with Gasteiger partial charge >= 0.3 is 0 Å². The number of carbonyl (C=O) groups is 1. The van der Waals surface area contributed by atoms with Gasteiger partial charge in [-0.25, -0.2) is 4.39 Å². The van der Waals surface area contributed by atoms with Gasteiger partial charge in [0, 0.05) is 13.7 Å². The molecule has 4 heteroatoms. The lowest BCUT2D eigenvalue weighted by molar-refractivity contribution is 0.0898. The molecule has 0 fully saturated rings. The van der Waals surface area contributed by atoms with Gasteiger partial charge in [0.15, 0.2) is 5.78 Å². The molecular formula is C13H18FNO2. The first-order chi connectivity index (χ1) is 8.19. The Morgan fingerprint density at radius 3 is 2.71 bits per heavy atom. The molecule has 3 nitrogen and oxygen atoms in total. The second kappa shape index (κ2) is 7.14. The van der Waals surface area contributed by atoms with Crippen LogP contribution in [0.15, 0.2) is 24.3 Å². The zero-order valence-electron chi connectivity index (χ0n) is 10.3. The van der Waals surface area contributed by atoms with Gasteiger partial charge in [0.25, 0.3) is 0 Å². The predicted molar refractivity (Wildman–Crippen MR) is 64.7 cm³/mol. The number of ether oxygens (including phenoxy) is 1. The van der Waals surface area contributed by atoms with Crippen molar-refractivity contribution in [3.05, 3.63) is 35.6 Å². The zero-order valence-corrected chi connectivity index (χ0v) is 10.3. The maximum atomic E-state index is 13.4. The predicted octanol–water partition coefficient (Wildman–Crippen LogP) is 1.98. The third kappa shape index (κ3) is 4.24. The maximum absolute atomic E-state index is 13.4. The molecule has 1 aromatic carbocycles. The molecule has 94 valence electrons. The van der Waals surface area contributed by atoms with E-state index in [4.69, 9.17) is 4.74 Å². The molecule has 0 atom stereocenters. The number of hydrogen-bond donors (Lipinski definition) is 0. The SMILES string of the molecule is CCN(CCOC)CC(=O)c1ccccc1F. The number of nitrogens with zero attached hydrogens (tertiary/aromatic N) is 1. The third-order valence-electron chi connectivity index (χ3n) is 2.60. The van der Waals surface area contributed by atoms with Crippen LogP contribution in [0.2, 0.25) is 0 Å². The van der Waals surface area contributed by atoms with Gasteiger partial charge in [-0.3, -0.25) is 9.69 Å². The van der Waals surface area contributed by atoms with Gasteiger partial charge in [0.2, 0.25) is 0 Å². The minimum Gasteiger partial charge on any atom is -0.383 e. The topological polar surface area (TPSA) is 29.5 Å². The quantitative estimate of drug-likeness (QED) is 0.681. The lowest BCUT2D eigenvalue weighted by Crippen LogP contribution is -2.32. The average Bonchev–Trinajstić information content (AvgIpc) is 2.34. The molecule has 17 heavy (non-hydrogen) atoms. The van der Waals surface area contributed by atoms with Crippen molar-refractivity contribution in [1.29, 1.82) is 0 Å². The van der Waals surface area contributed by atoms with Crippen molar-refractivity contribution in [2.75, 3.05) is 33.4 Å². The van der Waals surface area contributed by atoms with Gasteiger partial charge in [-0.05, 0) is 18.7 Å². The number of rotatable bonds is 7. The summed E-state index contributed by atoms with van der Waals surface area (Å²) in [6, 6.07) is 6.07. The summed E-state index contributed by atoms with van der Waals surface area (Å²) in [5.74, 6) is -0.652. The van der Waals surface area contributed by atoms with Crippen molar-refractivity contribution in [2.24, 2.45) is 0 Å². The molecule has 0 amide bonds. The molecule has 0 aliphatic carbocycles. The number of methoxy groups -OCH3 is 1. The van der Waals surface area contributed by atoms with Crippen molar-refractivity contribution < 1.29 is 13.9 Å². The van der Waals surface area contributed by atoms with E-state index in [-0.39, 0.29) is 17.9 Å². The van der Waals surface area contributed by atoms with Gasteiger partial charge in [-0.15, -0.1) is 0 Å². The molecule has 0 unspecified atom stereocenters. The van der Waals surface area contributed by atoms with E-state index in [1.165, 1.54) is 12.1 Å². The number of Topliss-reactive ketones (excluding diaryl/α,β-unsaturated/α-hetero) is 1. The molecular weight excluding hydrogens is 221 g/mol. The summed E-state index contributed by atoms with van der Waals surface area (Å²) in [7, 11) is 1.62. The molecule has 0 N–H and O–H groups in total. The van der Waals surface area contributed by atoms with Crippen LogP contribution in [-0.4, -0.2) is 44.0 Å². The molecule has 0 aromatic heterocycles. The number of carbonyl (C=O) groups excluding carboxylic acids is 1. The fourth-order valence-corrected chi connectivity index (χ4v) is 1.54. The highest BCUT2D eigenvalue weighted by Gasteiger charge is 2.14. The fourth-order valence-electron chi connectivity index (χ4n) is 1.54. The van der Waals surface area contributed by atoms with Crippen LogP contribution in [0.3, 0.4) is 0 Å². The molecule has 1 aromatic rings. The Kier molecular flexibility index (Phi) is 5.80. The summed E-state index contributed by atoms with van der Waals surface area (Å²) in [5.41, 5.74) is 0.156. The summed E-state index contributed by atoms with van der Waals surface area (Å²) in [5, 5.41) is 0. The van der Waals surface area contributed by atoms with Crippen LogP contribution in [0.1, 0.15) is 17.3 Å². The van der Waals surface area contributed by atoms with E-state index >= 15 is 0 Å². The Morgan fingerprint density at radius 2 is 2.12 bits per heavy atom. The Balaban J connectivity index is 2.61. The highest BCUT2D eigenvalue weighted by Crippen LogP contribution is 2.08. The first-order valence-corrected chi connectivity index (χ1v) is 5.68. The first-order valence-electron chi connectivity index (χ1n) is 5.68. The highest BCUT2D eigenvalue weighted by molar-refractivity contribution is 5.97. The smallest absolute Gasteiger partial charge is 0.179 e. The molecule has 0 bridgehead atoms. The van der Waals surface area contributed by atoms with Crippen molar-refractivity contribution in [2.45, 2.75) is 6.92 Å². The fraction of sp³-hybridized carbons (Fsp3) is 0.462. The third-order valence-corrected chi connectivity index (χ3v) is 2.60. The van der Waals surface area contributed by atoms with E-state index in [0.29, 0.717) is 13.2 Å². The standard InChI is InChI=1S/C13H18FNO2/c1-3-15(8-9-17-2)10-13(16)11-6-4-5-7-12(11)14/h4-7H,3,8-10H2,1-2H3. The monoisotopic (exact) mass is 239 g/mol. The summed E-state index contributed by atoms with van der Waals surface area (Å²) in [6.07, 6.45) is 0. The van der Waals surface area contributed by atoms with Crippen LogP contribution in [0.4, 0.5) is 4.39 Å². The molecule has 1 rings (SSSR count). The van der Waals surface area contributed by atoms with Crippen LogP contribution in [0.5, 0.6) is 0 Å². The van der Waals surface area contributed by atoms with Crippen LogP contribution in [0, 0.1) is 5.82 Å². The van der Waals surface area contributed by atoms with Gasteiger partial charge < -0.3 is 4.74 Å². The van der Waals surface area contributed by atoms with Crippen molar-refractivity contribution in [1.82, 2.24) is 4.90 Å². The largest absolute Gasteiger partial charge is 0.383 e. The number of halogens is 1. The van der Waals surface area contributed by atoms with E-state index < -0.39 is 5.82 Å². The van der Waals surface area contributed by atoms with Crippen molar-refractivity contribution in [3.63, 3.8) is 0 Å². The average molecular weight is 239 g/mol. The Hall–Kier alpha value is -1.26. The first kappa shape index (κ1) is 13.8. The Bertz CT molecular complexity index is 368. The molecule has 0 aliphatic heterocycles. The van der Waals surface area contributed by atoms with Gasteiger partial charge in [-0.2, -0.15) is 0 Å². The van der Waals surface area contributed by atoms with Crippen LogP contribution < -0.4 is 0 Å². The van der Waals surface area contributed by atoms with Crippen molar-refractivity contribution >= 4 is 5.78 Å². The number of hydrogen-bond acceptors (Lipinski definition) is 3. The number of likely N-dealkylation sites (N-methyl/N-ethyl adjacent to an activating group) is 1. The summed E-state index contributed by atoms with van der Waals surface area (Å²) in [4.78, 5) is 13.8. The van der Waals surface area contributed by atoms with Gasteiger partial charge in [0.1, 0.15) is 5.82 Å². The lowest BCUT2D eigenvalue weighted by Gasteiger charge is -2.18. The van der Waals surface area contributed by atoms with E-state index in [2.05, 4.69) is 0 Å². The van der Waals surface area contributed by atoms with E-state index in [9.17, 15) is 9.18 Å². The number of benzene rings is 1. The summed E-state index contributed by atoms with van der Waals surface area (Å²) in [6.45, 7) is 4.17. The molecule has 0 saturated carbocycles. The molecule has 0 saturated heterocycles. The van der Waals surface area contributed by atoms with E-state index in [0.717, 1.165) is 6.54 Å².